The molecule has 2 aromatic carbocycles. The minimum atomic E-state index is -4.06. The van der Waals surface area contributed by atoms with Crippen molar-refractivity contribution >= 4 is 84.2 Å². The third-order valence-electron chi connectivity index (χ3n) is 5.31. The molecular weight excluding hydrogens is 580 g/mol. The molecular formula is C22H20BrClN4O5S2. The summed E-state index contributed by atoms with van der Waals surface area (Å²) in [6.45, 7) is 1.69. The molecule has 1 atom stereocenters. The molecule has 2 heterocycles. The third-order valence-corrected chi connectivity index (χ3v) is 9.37. The largest absolute Gasteiger partial charge is 0.387 e. The van der Waals surface area contributed by atoms with Gasteiger partial charge in [0, 0.05) is 28.5 Å². The zero-order valence-corrected chi connectivity index (χ0v) is 22.5. The van der Waals surface area contributed by atoms with Crippen LogP contribution in [0.1, 0.15) is 29.3 Å². The molecule has 35 heavy (non-hydrogen) atoms. The van der Waals surface area contributed by atoms with E-state index in [4.69, 9.17) is 11.6 Å². The van der Waals surface area contributed by atoms with Crippen molar-refractivity contribution in [3.63, 3.8) is 0 Å². The van der Waals surface area contributed by atoms with Crippen molar-refractivity contribution in [3.05, 3.63) is 62.3 Å². The summed E-state index contributed by atoms with van der Waals surface area (Å²) in [4.78, 5) is 39.2. The number of rotatable bonds is 5. The molecule has 3 N–H and O–H groups in total. The Morgan fingerprint density at radius 2 is 1.89 bits per heavy atom. The van der Waals surface area contributed by atoms with E-state index in [9.17, 15) is 22.8 Å². The van der Waals surface area contributed by atoms with E-state index in [0.717, 1.165) is 22.3 Å². The molecule has 0 fully saturated rings. The molecule has 0 radical (unpaired) electrons. The van der Waals surface area contributed by atoms with Gasteiger partial charge in [-0.05, 0) is 71.2 Å². The molecule has 4 amide bonds. The number of allylic oxidation sites excluding steroid dienone is 1. The van der Waals surface area contributed by atoms with Gasteiger partial charge in [-0.2, -0.15) is 0 Å². The highest BCUT2D eigenvalue weighted by Gasteiger charge is 2.35. The van der Waals surface area contributed by atoms with Crippen LogP contribution < -0.4 is 20.3 Å². The maximum atomic E-state index is 13.1. The number of urea groups is 1. The Balaban J connectivity index is 1.46. The van der Waals surface area contributed by atoms with Gasteiger partial charge in [-0.1, -0.05) is 17.8 Å². The zero-order chi connectivity index (χ0) is 25.5. The second-order valence-electron chi connectivity index (χ2n) is 7.99. The number of carbonyl (C=O) groups is 3. The molecule has 0 spiro atoms. The number of nitrogens with one attached hydrogen (secondary N) is 3. The fourth-order valence-corrected chi connectivity index (χ4v) is 7.21. The van der Waals surface area contributed by atoms with Gasteiger partial charge in [-0.15, -0.1) is 11.6 Å². The quantitative estimate of drug-likeness (QED) is 0.339. The molecule has 0 aliphatic carbocycles. The maximum absolute atomic E-state index is 13.1. The minimum absolute atomic E-state index is 0.0172. The Morgan fingerprint density at radius 1 is 1.20 bits per heavy atom. The lowest BCUT2D eigenvalue weighted by atomic mass is 9.97. The molecule has 0 bridgehead atoms. The minimum Gasteiger partial charge on any atom is -0.387 e. The molecule has 2 aliphatic rings. The number of hydrogen-bond donors (Lipinski definition) is 3. The molecule has 0 saturated carbocycles. The second-order valence-corrected chi connectivity index (χ2v) is 13.4. The topological polar surface area (TPSA) is 125 Å². The van der Waals surface area contributed by atoms with Gasteiger partial charge in [0.2, 0.25) is 5.91 Å². The average molecular weight is 600 g/mol. The Hall–Kier alpha value is -2.54. The molecule has 9 nitrogen and oxygen atoms in total. The van der Waals surface area contributed by atoms with Gasteiger partial charge in [0.1, 0.15) is 4.24 Å². The molecule has 184 valence electrons. The third kappa shape index (κ3) is 5.35. The second kappa shape index (κ2) is 9.49. The fraction of sp³-hybridized carbons (Fsp3) is 0.227. The van der Waals surface area contributed by atoms with Crippen molar-refractivity contribution < 1.29 is 22.8 Å². The number of halogens is 2. The van der Waals surface area contributed by atoms with Crippen LogP contribution in [-0.4, -0.2) is 37.5 Å². The van der Waals surface area contributed by atoms with Gasteiger partial charge in [-0.25, -0.2) is 22.8 Å². The number of hydrogen-bond acceptors (Lipinski definition) is 7. The summed E-state index contributed by atoms with van der Waals surface area (Å²) in [5, 5.41) is 5.43. The lowest BCUT2D eigenvalue weighted by Crippen LogP contribution is -2.42. The lowest BCUT2D eigenvalue weighted by molar-refractivity contribution is -0.117. The van der Waals surface area contributed by atoms with Crippen molar-refractivity contribution in [1.82, 2.24) is 4.72 Å². The molecule has 4 rings (SSSR count). The summed E-state index contributed by atoms with van der Waals surface area (Å²) in [5.74, 6) is -0.845. The predicted molar refractivity (Wildman–Crippen MR) is 141 cm³/mol. The average Bonchev–Trinajstić information content (AvgIpc) is 3.15. The van der Waals surface area contributed by atoms with Crippen molar-refractivity contribution in [2.45, 2.75) is 24.0 Å². The number of anilines is 3. The van der Waals surface area contributed by atoms with E-state index in [-0.39, 0.29) is 22.3 Å². The number of thioether (sulfide) groups is 1. The highest BCUT2D eigenvalue weighted by atomic mass is 79.9. The smallest absolute Gasteiger partial charge is 0.333 e. The van der Waals surface area contributed by atoms with Crippen molar-refractivity contribution in [3.8, 4) is 0 Å². The first-order valence-corrected chi connectivity index (χ1v) is 13.8. The normalized spacial score (nSPS) is 19.8. The first-order valence-electron chi connectivity index (χ1n) is 10.3. The Morgan fingerprint density at radius 3 is 2.49 bits per heavy atom. The Bertz CT molecular complexity index is 1380. The fourth-order valence-electron chi connectivity index (χ4n) is 3.64. The van der Waals surface area contributed by atoms with Gasteiger partial charge < -0.3 is 10.6 Å². The van der Waals surface area contributed by atoms with E-state index in [1.54, 1.807) is 26.1 Å². The van der Waals surface area contributed by atoms with Crippen LogP contribution >= 0.6 is 39.3 Å². The number of imide groups is 1. The van der Waals surface area contributed by atoms with Crippen LogP contribution in [0.15, 0.2) is 51.2 Å². The number of carbonyl (C=O) groups excluding carboxylic acids is 3. The number of fused-ring (bicyclic) bond motifs is 1. The molecule has 0 aromatic heterocycles. The first kappa shape index (κ1) is 25.5. The van der Waals surface area contributed by atoms with Gasteiger partial charge in [-0.3, -0.25) is 9.59 Å². The monoisotopic (exact) mass is 598 g/mol. The summed E-state index contributed by atoms with van der Waals surface area (Å²) in [6, 6.07) is 8.42. The summed E-state index contributed by atoms with van der Waals surface area (Å²) < 4.78 is 26.7. The van der Waals surface area contributed by atoms with Crippen molar-refractivity contribution in [2.24, 2.45) is 0 Å². The van der Waals surface area contributed by atoms with E-state index in [1.807, 2.05) is 4.72 Å². The summed E-state index contributed by atoms with van der Waals surface area (Å²) in [7, 11) is -2.31. The number of nitrogens with zero attached hydrogens (tertiary/aromatic N) is 1. The Labute approximate surface area is 219 Å². The first-order chi connectivity index (χ1) is 16.4. The predicted octanol–water partition coefficient (Wildman–Crippen LogP) is 4.60. The van der Waals surface area contributed by atoms with E-state index in [2.05, 4.69) is 26.6 Å². The summed E-state index contributed by atoms with van der Waals surface area (Å²) in [5.41, 5.74) is 2.41. The number of sulfonamides is 1. The van der Waals surface area contributed by atoms with Crippen molar-refractivity contribution in [2.75, 3.05) is 22.6 Å². The number of alkyl halides is 1. The van der Waals surface area contributed by atoms with Crippen LogP contribution in [0.5, 0.6) is 0 Å². The van der Waals surface area contributed by atoms with Gasteiger partial charge in [0.25, 0.3) is 15.9 Å². The Kier molecular flexibility index (Phi) is 6.93. The van der Waals surface area contributed by atoms with Gasteiger partial charge >= 0.3 is 6.03 Å². The standard InChI is InChI=1S/C22H20BrClN4O5S2/c1-22(24)8-7-19(34-22)35(32,33)27-21(31)26-13-3-5-14(6-4-13)28-18(29)10-12-9-17(25-2)16(23)11-15(12)20(28)30/h3-7,9,11,25H,8,10H2,1-2H3,(H2,26,27,31). The van der Waals surface area contributed by atoms with Crippen LogP contribution in [0.3, 0.4) is 0 Å². The van der Waals surface area contributed by atoms with Crippen LogP contribution in [0.4, 0.5) is 21.9 Å². The lowest BCUT2D eigenvalue weighted by Gasteiger charge is -2.27. The molecule has 13 heteroatoms. The van der Waals surface area contributed by atoms with Crippen LogP contribution in [0.25, 0.3) is 0 Å². The van der Waals surface area contributed by atoms with Crippen LogP contribution in [0.2, 0.25) is 0 Å². The summed E-state index contributed by atoms with van der Waals surface area (Å²) >= 11 is 10.5. The zero-order valence-electron chi connectivity index (χ0n) is 18.5. The van der Waals surface area contributed by atoms with Crippen LogP contribution in [-0.2, 0) is 21.2 Å². The van der Waals surface area contributed by atoms with E-state index in [0.29, 0.717) is 27.7 Å². The number of amides is 4. The van der Waals surface area contributed by atoms with Crippen LogP contribution in [0, 0.1) is 0 Å². The summed E-state index contributed by atoms with van der Waals surface area (Å²) in [6.07, 6.45) is 1.87. The molecule has 1 unspecified atom stereocenters. The van der Waals surface area contributed by atoms with Gasteiger partial charge in [0.05, 0.1) is 16.3 Å². The number of benzene rings is 2. The van der Waals surface area contributed by atoms with E-state index < -0.39 is 26.2 Å². The molecule has 0 saturated heterocycles. The SMILES string of the molecule is CNc1cc2c(cc1Br)C(=O)N(c1ccc(NC(=O)NS(=O)(=O)C3=CCC(C)(Cl)S3)cc1)C(=O)C2. The maximum Gasteiger partial charge on any atom is 0.333 e. The highest BCUT2D eigenvalue weighted by Crippen LogP contribution is 2.46. The highest BCUT2D eigenvalue weighted by molar-refractivity contribution is 9.10. The van der Waals surface area contributed by atoms with Gasteiger partial charge in [0.15, 0.2) is 0 Å². The van der Waals surface area contributed by atoms with Crippen molar-refractivity contribution in [1.29, 1.82) is 0 Å². The molecule has 2 aliphatic heterocycles. The van der Waals surface area contributed by atoms with E-state index in [1.165, 1.54) is 30.3 Å². The van der Waals surface area contributed by atoms with E-state index >= 15 is 0 Å². The molecule has 2 aromatic rings.